The lowest BCUT2D eigenvalue weighted by Crippen LogP contribution is -2.67. The quantitative estimate of drug-likeness (QED) is 0.0355. The minimum Gasteiger partial charge on any atom is -0.479 e. The lowest BCUT2D eigenvalue weighted by molar-refractivity contribution is -0.379. The fraction of sp³-hybridized carbons (Fsp3) is 0.889. The Kier molecular flexibility index (Phi) is 19.0. The minimum atomic E-state index is -2.08. The van der Waals surface area contributed by atoms with E-state index in [1.165, 1.54) is 0 Å². The fourth-order valence-corrected chi connectivity index (χ4v) is 9.33. The molecule has 0 aromatic heterocycles. The van der Waals surface area contributed by atoms with Crippen molar-refractivity contribution in [3.63, 3.8) is 0 Å². The summed E-state index contributed by atoms with van der Waals surface area (Å²) in [6.45, 7) is -1.42. The third kappa shape index (κ3) is 12.8. The molecule has 5 aliphatic rings. The standard InChI is InChI=1S/C36H60N4O20S/c41-12-16-22(45)29(59-35-28(51)30(23(46)17(13-42)57-35)58-34-26(49)24(47)25(48)31(60-34)32(52)53)27(50)33(56-16)55-11-10-38-20(44)7-2-1-5-9-37-19(43)8-4-3-6-18-21-15(14-61-18)39-36(54)40-21/h15-18,21-31,33-35,41-42,45-51H,1-14H2,(H,37,43)(H,38,44)(H,52,53)(H2,39,40,54)/t15-,16+,17+,18-,21-,22-,23-,24-,25-,26+,27+,28+,29-,30-,31-,33+,34+,35-/m0/s1. The zero-order chi connectivity index (χ0) is 44.4. The smallest absolute Gasteiger partial charge is 0.335 e. The maximum absolute atomic E-state index is 12.4. The highest BCUT2D eigenvalue weighted by Gasteiger charge is 2.54. The van der Waals surface area contributed by atoms with Gasteiger partial charge in [0.05, 0.1) is 31.9 Å². The van der Waals surface area contributed by atoms with Crippen LogP contribution in [0.3, 0.4) is 0 Å². The van der Waals surface area contributed by atoms with Gasteiger partial charge in [-0.3, -0.25) is 9.59 Å². The van der Waals surface area contributed by atoms with Gasteiger partial charge in [0.1, 0.15) is 67.1 Å². The van der Waals surface area contributed by atoms with E-state index in [-0.39, 0.29) is 49.5 Å². The van der Waals surface area contributed by atoms with E-state index in [2.05, 4.69) is 21.3 Å². The first kappa shape index (κ1) is 49.4. The monoisotopic (exact) mass is 900 g/mol. The minimum absolute atomic E-state index is 0.0192. The first-order chi connectivity index (χ1) is 29.1. The van der Waals surface area contributed by atoms with Crippen LogP contribution in [0.4, 0.5) is 4.79 Å². The molecule has 5 aliphatic heterocycles. The van der Waals surface area contributed by atoms with Crippen molar-refractivity contribution in [1.29, 1.82) is 0 Å². The van der Waals surface area contributed by atoms with Crippen LogP contribution in [0.1, 0.15) is 51.4 Å². The molecule has 0 spiro atoms. The van der Waals surface area contributed by atoms with Gasteiger partial charge in [0.15, 0.2) is 25.0 Å². The average molecular weight is 901 g/mol. The topological polar surface area (TPSA) is 374 Å². The highest BCUT2D eigenvalue weighted by molar-refractivity contribution is 8.00. The van der Waals surface area contributed by atoms with Crippen molar-refractivity contribution >= 4 is 35.6 Å². The second kappa shape index (κ2) is 23.4. The normalized spacial score (nSPS) is 39.9. The maximum Gasteiger partial charge on any atom is 0.335 e. The predicted octanol–water partition coefficient (Wildman–Crippen LogP) is -5.94. The van der Waals surface area contributed by atoms with Gasteiger partial charge in [-0.05, 0) is 25.7 Å². The largest absolute Gasteiger partial charge is 0.479 e. The first-order valence-corrected chi connectivity index (χ1v) is 21.5. The molecule has 5 saturated heterocycles. The van der Waals surface area contributed by atoms with Crippen LogP contribution >= 0.6 is 11.8 Å². The number of carbonyl (C=O) groups excluding carboxylic acids is 3. The molecular weight excluding hydrogens is 840 g/mol. The Hall–Kier alpha value is -2.57. The van der Waals surface area contributed by atoms with E-state index in [4.69, 9.17) is 28.4 Å². The predicted molar refractivity (Wildman–Crippen MR) is 204 cm³/mol. The van der Waals surface area contributed by atoms with Crippen LogP contribution in [0.15, 0.2) is 0 Å². The molecule has 5 fully saturated rings. The Morgan fingerprint density at radius 2 is 1.25 bits per heavy atom. The second-order valence-electron chi connectivity index (χ2n) is 15.6. The second-order valence-corrected chi connectivity index (χ2v) is 16.9. The molecule has 24 nitrogen and oxygen atoms in total. The third-order valence-electron chi connectivity index (χ3n) is 11.2. The highest BCUT2D eigenvalue weighted by atomic mass is 32.2. The number of carboxylic acid groups (broad SMARTS) is 1. The summed E-state index contributed by atoms with van der Waals surface area (Å²) in [6, 6.07) is 0.215. The summed E-state index contributed by atoms with van der Waals surface area (Å²) in [4.78, 5) is 47.7. The van der Waals surface area contributed by atoms with Gasteiger partial charge >= 0.3 is 12.0 Å². The molecule has 0 saturated carbocycles. The van der Waals surface area contributed by atoms with Crippen LogP contribution in [0.5, 0.6) is 0 Å². The molecule has 4 amide bonds. The SMILES string of the molecule is O=C(CCCC[C@@H]1SC[C@@H]2NC(=O)N[C@@H]21)NCCCCCC(=O)NCCO[C@@H]1O[C@H](CO)[C@H](O)[C@H](O[C@@H]2O[C@H](CO)[C@H](O)[C@H](O[C@@H]3O[C@H](C(=O)O)[C@@H](O)[C@H](O)[C@H]3O)[C@H]2O)[C@H]1O. The number of urea groups is 1. The number of fused-ring (bicyclic) bond motifs is 1. The third-order valence-corrected chi connectivity index (χ3v) is 12.7. The van der Waals surface area contributed by atoms with E-state index in [1.807, 2.05) is 11.8 Å². The zero-order valence-electron chi connectivity index (χ0n) is 33.3. The van der Waals surface area contributed by atoms with Gasteiger partial charge in [-0.2, -0.15) is 11.8 Å². The van der Waals surface area contributed by atoms with Crippen LogP contribution in [0.25, 0.3) is 0 Å². The molecule has 61 heavy (non-hydrogen) atoms. The number of hydrogen-bond donors (Lipinski definition) is 14. The van der Waals surface area contributed by atoms with Crippen molar-refractivity contribution in [3.8, 4) is 0 Å². The molecule has 14 N–H and O–H groups in total. The molecule has 5 heterocycles. The molecule has 350 valence electrons. The number of carboxylic acids is 1. The van der Waals surface area contributed by atoms with Crippen LogP contribution in [-0.2, 0) is 42.8 Å². The Bertz CT molecular complexity index is 1440. The van der Waals surface area contributed by atoms with Gasteiger partial charge < -0.3 is 101 Å². The van der Waals surface area contributed by atoms with E-state index in [0.29, 0.717) is 37.5 Å². The van der Waals surface area contributed by atoms with E-state index in [9.17, 15) is 70.2 Å². The van der Waals surface area contributed by atoms with E-state index >= 15 is 0 Å². The lowest BCUT2D eigenvalue weighted by atomic mass is 9.96. The van der Waals surface area contributed by atoms with Gasteiger partial charge in [0.25, 0.3) is 0 Å². The number of nitrogens with one attached hydrogen (secondary N) is 4. The number of aliphatic hydroxyl groups is 9. The number of rotatable bonds is 22. The van der Waals surface area contributed by atoms with Crippen LogP contribution in [0.2, 0.25) is 0 Å². The molecule has 25 heteroatoms. The number of aliphatic hydroxyl groups excluding tert-OH is 9. The number of aliphatic carboxylic acids is 1. The molecular formula is C36H60N4O20S. The molecule has 0 unspecified atom stereocenters. The van der Waals surface area contributed by atoms with Crippen LogP contribution in [-0.4, -0.2) is 223 Å². The van der Waals surface area contributed by atoms with E-state index in [1.54, 1.807) is 0 Å². The van der Waals surface area contributed by atoms with Gasteiger partial charge in [-0.25, -0.2) is 9.59 Å². The van der Waals surface area contributed by atoms with E-state index in [0.717, 1.165) is 25.0 Å². The number of ether oxygens (including phenoxy) is 6. The zero-order valence-corrected chi connectivity index (χ0v) is 34.1. The summed E-state index contributed by atoms with van der Waals surface area (Å²) in [5.74, 6) is -1.14. The number of amides is 4. The molecule has 0 aromatic carbocycles. The number of thioether (sulfide) groups is 1. The Morgan fingerprint density at radius 3 is 1.87 bits per heavy atom. The molecule has 0 aliphatic carbocycles. The van der Waals surface area contributed by atoms with Crippen molar-refractivity contribution in [2.45, 2.75) is 161 Å². The average Bonchev–Trinajstić information content (AvgIpc) is 3.79. The number of unbranched alkanes of at least 4 members (excludes halogenated alkanes) is 3. The molecule has 0 aromatic rings. The first-order valence-electron chi connectivity index (χ1n) is 20.5. The number of hydrogen-bond acceptors (Lipinski definition) is 20. The van der Waals surface area contributed by atoms with Gasteiger partial charge in [-0.15, -0.1) is 0 Å². The number of carbonyl (C=O) groups is 4. The molecule has 18 atom stereocenters. The summed E-state index contributed by atoms with van der Waals surface area (Å²) in [6.07, 6.45) is -22.8. The van der Waals surface area contributed by atoms with Crippen molar-refractivity contribution in [2.75, 3.05) is 38.7 Å². The lowest BCUT2D eigenvalue weighted by Gasteiger charge is -2.48. The van der Waals surface area contributed by atoms with Gasteiger partial charge in [0.2, 0.25) is 11.8 Å². The Balaban J connectivity index is 0.991. The maximum atomic E-state index is 12.4. The molecule has 5 rings (SSSR count). The fourth-order valence-electron chi connectivity index (χ4n) is 7.78. The van der Waals surface area contributed by atoms with Crippen LogP contribution < -0.4 is 21.3 Å². The molecule has 0 bridgehead atoms. The molecule has 0 radical (unpaired) electrons. The summed E-state index contributed by atoms with van der Waals surface area (Å²) in [5.41, 5.74) is 0. The van der Waals surface area contributed by atoms with Crippen molar-refractivity contribution in [3.05, 3.63) is 0 Å². The summed E-state index contributed by atoms with van der Waals surface area (Å²) < 4.78 is 32.8. The van der Waals surface area contributed by atoms with Crippen molar-refractivity contribution in [1.82, 2.24) is 21.3 Å². The van der Waals surface area contributed by atoms with Crippen molar-refractivity contribution < 1.29 is 98.7 Å². The summed E-state index contributed by atoms with van der Waals surface area (Å²) in [7, 11) is 0. The van der Waals surface area contributed by atoms with E-state index < -0.39 is 111 Å². The Morgan fingerprint density at radius 1 is 0.672 bits per heavy atom. The van der Waals surface area contributed by atoms with Gasteiger partial charge in [-0.1, -0.05) is 12.8 Å². The summed E-state index contributed by atoms with van der Waals surface area (Å²) in [5, 5.41) is 115. The highest BCUT2D eigenvalue weighted by Crippen LogP contribution is 2.34. The van der Waals surface area contributed by atoms with Crippen molar-refractivity contribution in [2.24, 2.45) is 0 Å². The van der Waals surface area contributed by atoms with Crippen LogP contribution in [0, 0.1) is 0 Å². The Labute approximate surface area is 354 Å². The van der Waals surface area contributed by atoms with Gasteiger partial charge in [0, 0.05) is 36.9 Å². The summed E-state index contributed by atoms with van der Waals surface area (Å²) >= 11 is 1.84.